The van der Waals surface area contributed by atoms with Crippen LogP contribution in [0.15, 0.2) is 24.4 Å². The van der Waals surface area contributed by atoms with Gasteiger partial charge in [-0.3, -0.25) is 29.8 Å². The lowest BCUT2D eigenvalue weighted by atomic mass is 10.1. The summed E-state index contributed by atoms with van der Waals surface area (Å²) in [6.45, 7) is 3.65. The van der Waals surface area contributed by atoms with Crippen LogP contribution in [-0.4, -0.2) is 27.7 Å². The van der Waals surface area contributed by atoms with E-state index in [2.05, 4.69) is 15.6 Å². The summed E-state index contributed by atoms with van der Waals surface area (Å²) in [5, 5.41) is 15.6. The van der Waals surface area contributed by atoms with Crippen molar-refractivity contribution < 1.29 is 24.0 Å². The number of rotatable bonds is 9. The largest absolute Gasteiger partial charge is 0.426 e. The monoisotopic (exact) mass is 420 g/mol. The number of nitrogens with zero attached hydrogens (tertiary/aromatic N) is 2. The van der Waals surface area contributed by atoms with Gasteiger partial charge in [-0.05, 0) is 36.3 Å². The SMILES string of the molecule is CCCC(=O)Nc1cccc(OC(=O)CCC)c1C(=O)Nc1ncc([N+](=O)[O-])s1. The molecule has 1 heterocycles. The number of carbonyl (C=O) groups is 3. The Bertz CT molecular complexity index is 889. The molecule has 0 fully saturated rings. The van der Waals surface area contributed by atoms with Crippen molar-refractivity contribution in [1.29, 1.82) is 0 Å². The van der Waals surface area contributed by atoms with Crippen molar-refractivity contribution in [1.82, 2.24) is 4.98 Å². The van der Waals surface area contributed by atoms with E-state index in [9.17, 15) is 24.5 Å². The molecule has 1 aromatic carbocycles. The lowest BCUT2D eigenvalue weighted by Gasteiger charge is -2.14. The Hall–Kier alpha value is -3.34. The summed E-state index contributed by atoms with van der Waals surface area (Å²) in [4.78, 5) is 50.8. The zero-order chi connectivity index (χ0) is 21.4. The first-order chi connectivity index (χ1) is 13.8. The normalized spacial score (nSPS) is 10.3. The van der Waals surface area contributed by atoms with Crippen LogP contribution in [0, 0.1) is 10.1 Å². The summed E-state index contributed by atoms with van der Waals surface area (Å²) in [6, 6.07) is 4.48. The molecular formula is C18H20N4O6S. The Kier molecular flexibility index (Phi) is 7.78. The molecule has 2 N–H and O–H groups in total. The van der Waals surface area contributed by atoms with Crippen molar-refractivity contribution >= 4 is 44.9 Å². The zero-order valence-corrected chi connectivity index (χ0v) is 16.7. The van der Waals surface area contributed by atoms with Crippen LogP contribution in [0.1, 0.15) is 49.9 Å². The highest BCUT2D eigenvalue weighted by atomic mass is 32.1. The molecule has 0 saturated heterocycles. The number of thiazole rings is 1. The molecule has 0 spiro atoms. The maximum absolute atomic E-state index is 12.9. The molecule has 11 heteroatoms. The molecule has 29 heavy (non-hydrogen) atoms. The van der Waals surface area contributed by atoms with E-state index >= 15 is 0 Å². The van der Waals surface area contributed by atoms with Crippen molar-refractivity contribution in [3.05, 3.63) is 40.1 Å². The van der Waals surface area contributed by atoms with Crippen LogP contribution in [-0.2, 0) is 9.59 Å². The Labute approximate surface area is 170 Å². The van der Waals surface area contributed by atoms with Crippen molar-refractivity contribution in [3.63, 3.8) is 0 Å². The van der Waals surface area contributed by atoms with Crippen LogP contribution in [0.4, 0.5) is 15.8 Å². The minimum atomic E-state index is -0.721. The number of aromatic nitrogens is 1. The first kappa shape index (κ1) is 22.0. The van der Waals surface area contributed by atoms with Gasteiger partial charge in [0.1, 0.15) is 17.5 Å². The number of amides is 2. The fraction of sp³-hybridized carbons (Fsp3) is 0.333. The summed E-state index contributed by atoms with van der Waals surface area (Å²) in [7, 11) is 0. The van der Waals surface area contributed by atoms with E-state index in [-0.39, 0.29) is 45.9 Å². The predicted octanol–water partition coefficient (Wildman–Crippen LogP) is 3.75. The van der Waals surface area contributed by atoms with Gasteiger partial charge in [-0.15, -0.1) is 0 Å². The number of esters is 1. The fourth-order valence-corrected chi connectivity index (χ4v) is 2.97. The number of benzene rings is 1. The highest BCUT2D eigenvalue weighted by molar-refractivity contribution is 7.18. The molecule has 154 valence electrons. The Morgan fingerprint density at radius 2 is 1.90 bits per heavy atom. The average Bonchev–Trinajstić information content (AvgIpc) is 3.11. The molecule has 0 aliphatic heterocycles. The molecule has 0 aliphatic carbocycles. The zero-order valence-electron chi connectivity index (χ0n) is 15.9. The molecule has 10 nitrogen and oxygen atoms in total. The van der Waals surface area contributed by atoms with E-state index in [1.54, 1.807) is 6.07 Å². The smallest absolute Gasteiger partial charge is 0.345 e. The Morgan fingerprint density at radius 3 is 2.52 bits per heavy atom. The maximum atomic E-state index is 12.9. The van der Waals surface area contributed by atoms with Crippen LogP contribution in [0.2, 0.25) is 0 Å². The molecule has 0 unspecified atom stereocenters. The molecule has 2 amide bonds. The fourth-order valence-electron chi connectivity index (χ4n) is 2.34. The van der Waals surface area contributed by atoms with Gasteiger partial charge in [0.25, 0.3) is 5.91 Å². The summed E-state index contributed by atoms with van der Waals surface area (Å²) in [5.41, 5.74) is 0.0908. The number of ether oxygens (including phenoxy) is 1. The van der Waals surface area contributed by atoms with E-state index < -0.39 is 16.8 Å². The van der Waals surface area contributed by atoms with Crippen molar-refractivity contribution in [3.8, 4) is 5.75 Å². The second-order valence-electron chi connectivity index (χ2n) is 5.92. The Morgan fingerprint density at radius 1 is 1.17 bits per heavy atom. The lowest BCUT2D eigenvalue weighted by molar-refractivity contribution is -0.380. The van der Waals surface area contributed by atoms with Crippen molar-refractivity contribution in [2.45, 2.75) is 39.5 Å². The average molecular weight is 420 g/mol. The number of nitrogens with one attached hydrogen (secondary N) is 2. The Balaban J connectivity index is 2.37. The molecule has 0 aliphatic rings. The van der Waals surface area contributed by atoms with Gasteiger partial charge in [0.05, 0.1) is 10.6 Å². The van der Waals surface area contributed by atoms with Gasteiger partial charge in [0.15, 0.2) is 5.13 Å². The van der Waals surface area contributed by atoms with Gasteiger partial charge in [-0.2, -0.15) is 0 Å². The van der Waals surface area contributed by atoms with E-state index in [4.69, 9.17) is 4.74 Å². The molecule has 0 atom stereocenters. The molecule has 2 aromatic rings. The molecule has 2 rings (SSSR count). The molecule has 1 aromatic heterocycles. The van der Waals surface area contributed by atoms with E-state index in [1.165, 1.54) is 12.1 Å². The summed E-state index contributed by atoms with van der Waals surface area (Å²) in [5.74, 6) is -1.57. The van der Waals surface area contributed by atoms with Gasteiger partial charge >= 0.3 is 11.0 Å². The van der Waals surface area contributed by atoms with Crippen LogP contribution in [0.25, 0.3) is 0 Å². The van der Waals surface area contributed by atoms with Crippen molar-refractivity contribution in [2.75, 3.05) is 10.6 Å². The second-order valence-corrected chi connectivity index (χ2v) is 6.92. The second kappa shape index (κ2) is 10.3. The summed E-state index contributed by atoms with van der Waals surface area (Å²) >= 11 is 0.683. The number of carbonyl (C=O) groups excluding carboxylic acids is 3. The highest BCUT2D eigenvalue weighted by Gasteiger charge is 2.23. The highest BCUT2D eigenvalue weighted by Crippen LogP contribution is 2.30. The van der Waals surface area contributed by atoms with Crippen LogP contribution in [0.5, 0.6) is 5.75 Å². The van der Waals surface area contributed by atoms with Crippen LogP contribution < -0.4 is 15.4 Å². The topological polar surface area (TPSA) is 141 Å². The third kappa shape index (κ3) is 6.07. The third-order valence-corrected chi connectivity index (χ3v) is 4.44. The number of hydrogen-bond donors (Lipinski definition) is 2. The number of hydrogen-bond acceptors (Lipinski definition) is 8. The minimum absolute atomic E-state index is 0.00206. The molecule has 0 radical (unpaired) electrons. The molecule has 0 saturated carbocycles. The summed E-state index contributed by atoms with van der Waals surface area (Å²) < 4.78 is 5.29. The first-order valence-electron chi connectivity index (χ1n) is 8.90. The van der Waals surface area contributed by atoms with E-state index in [1.807, 2.05) is 13.8 Å². The molecular weight excluding hydrogens is 400 g/mol. The standard InChI is InChI=1S/C18H20N4O6S/c1-3-6-13(23)20-11-8-5-9-12(28-15(24)7-4-2)16(11)17(25)21-18-19-10-14(29-18)22(26)27/h5,8-10H,3-4,6-7H2,1-2H3,(H,20,23)(H,19,21,25). The van der Waals surface area contributed by atoms with Gasteiger partial charge in [0.2, 0.25) is 5.91 Å². The summed E-state index contributed by atoms with van der Waals surface area (Å²) in [6.07, 6.45) is 2.61. The van der Waals surface area contributed by atoms with Crippen LogP contribution in [0.3, 0.4) is 0 Å². The molecule has 0 bridgehead atoms. The quantitative estimate of drug-likeness (QED) is 0.272. The van der Waals surface area contributed by atoms with E-state index in [0.717, 1.165) is 6.20 Å². The van der Waals surface area contributed by atoms with E-state index in [0.29, 0.717) is 24.2 Å². The number of anilines is 2. The van der Waals surface area contributed by atoms with Gasteiger partial charge < -0.3 is 10.1 Å². The number of nitro groups is 1. The third-order valence-electron chi connectivity index (χ3n) is 3.58. The lowest BCUT2D eigenvalue weighted by Crippen LogP contribution is -2.20. The minimum Gasteiger partial charge on any atom is -0.426 e. The van der Waals surface area contributed by atoms with Gasteiger partial charge in [-0.25, -0.2) is 4.98 Å². The van der Waals surface area contributed by atoms with Gasteiger partial charge in [-0.1, -0.05) is 19.9 Å². The predicted molar refractivity (Wildman–Crippen MR) is 107 cm³/mol. The maximum Gasteiger partial charge on any atom is 0.345 e. The first-order valence-corrected chi connectivity index (χ1v) is 9.72. The van der Waals surface area contributed by atoms with Crippen molar-refractivity contribution in [2.24, 2.45) is 0 Å². The van der Waals surface area contributed by atoms with Gasteiger partial charge in [0, 0.05) is 12.8 Å². The van der Waals surface area contributed by atoms with Crippen LogP contribution >= 0.6 is 11.3 Å².